The van der Waals surface area contributed by atoms with Gasteiger partial charge in [-0.2, -0.15) is 10.1 Å². The second-order valence-corrected chi connectivity index (χ2v) is 4.96. The summed E-state index contributed by atoms with van der Waals surface area (Å²) < 4.78 is 7.59. The third kappa shape index (κ3) is 2.88. The molecule has 0 atom stereocenters. The van der Waals surface area contributed by atoms with Crippen LogP contribution in [0.15, 0.2) is 24.5 Å². The fraction of sp³-hybridized carbons (Fsp3) is 0.462. The average Bonchev–Trinajstić information content (AvgIpc) is 2.88. The molecule has 3 rings (SSSR count). The van der Waals surface area contributed by atoms with Gasteiger partial charge >= 0.3 is 0 Å². The molecular formula is C13H17N5O2. The molecule has 1 fully saturated rings. The largest absolute Gasteiger partial charge is 0.474 e. The summed E-state index contributed by atoms with van der Waals surface area (Å²) in [7, 11) is 0. The number of rotatable bonds is 4. The number of primary amides is 1. The minimum absolute atomic E-state index is 0.136. The van der Waals surface area contributed by atoms with E-state index in [1.807, 2.05) is 18.3 Å². The van der Waals surface area contributed by atoms with E-state index < -0.39 is 0 Å². The van der Waals surface area contributed by atoms with Crippen LogP contribution in [0, 0.1) is 0 Å². The van der Waals surface area contributed by atoms with E-state index >= 15 is 0 Å². The predicted octanol–water partition coefficient (Wildman–Crippen LogP) is 0.0578. The van der Waals surface area contributed by atoms with Crippen molar-refractivity contribution in [1.29, 1.82) is 0 Å². The van der Waals surface area contributed by atoms with E-state index in [0.29, 0.717) is 12.4 Å². The quantitative estimate of drug-likeness (QED) is 0.852. The van der Waals surface area contributed by atoms with Gasteiger partial charge in [-0.1, -0.05) is 0 Å². The van der Waals surface area contributed by atoms with Crippen LogP contribution in [0.1, 0.15) is 12.8 Å². The number of fused-ring (bicyclic) bond motifs is 1. The molecule has 2 aromatic rings. The minimum Gasteiger partial charge on any atom is -0.474 e. The van der Waals surface area contributed by atoms with Crippen molar-refractivity contribution in [2.75, 3.05) is 19.6 Å². The van der Waals surface area contributed by atoms with E-state index in [9.17, 15) is 4.79 Å². The summed E-state index contributed by atoms with van der Waals surface area (Å²) in [4.78, 5) is 17.3. The third-order valence-electron chi connectivity index (χ3n) is 3.43. The molecule has 1 amide bonds. The number of nitrogens with zero attached hydrogens (tertiary/aromatic N) is 4. The second kappa shape index (κ2) is 5.46. The molecule has 1 aliphatic heterocycles. The van der Waals surface area contributed by atoms with Gasteiger partial charge < -0.3 is 10.5 Å². The van der Waals surface area contributed by atoms with E-state index in [0.717, 1.165) is 31.6 Å². The van der Waals surface area contributed by atoms with Crippen LogP contribution in [0.25, 0.3) is 5.65 Å². The summed E-state index contributed by atoms with van der Waals surface area (Å²) in [5.74, 6) is 0.337. The van der Waals surface area contributed by atoms with Gasteiger partial charge in [-0.05, 0) is 12.8 Å². The molecule has 2 aromatic heterocycles. The monoisotopic (exact) mass is 275 g/mol. The molecule has 3 heterocycles. The van der Waals surface area contributed by atoms with E-state index in [4.69, 9.17) is 10.5 Å². The first-order valence-electron chi connectivity index (χ1n) is 6.68. The van der Waals surface area contributed by atoms with E-state index in [2.05, 4.69) is 15.0 Å². The highest BCUT2D eigenvalue weighted by atomic mass is 16.5. The Hall–Kier alpha value is -2.15. The highest BCUT2D eigenvalue weighted by Gasteiger charge is 2.21. The van der Waals surface area contributed by atoms with Crippen molar-refractivity contribution in [3.63, 3.8) is 0 Å². The van der Waals surface area contributed by atoms with Gasteiger partial charge in [0.05, 0.1) is 12.7 Å². The minimum atomic E-state index is -0.280. The molecule has 2 N–H and O–H groups in total. The molecule has 0 aliphatic carbocycles. The number of piperidine rings is 1. The van der Waals surface area contributed by atoms with Crippen molar-refractivity contribution in [1.82, 2.24) is 19.5 Å². The molecule has 0 radical (unpaired) electrons. The first-order chi connectivity index (χ1) is 9.70. The Kier molecular flexibility index (Phi) is 3.51. The van der Waals surface area contributed by atoms with E-state index in [1.165, 1.54) is 0 Å². The Morgan fingerprint density at radius 3 is 2.95 bits per heavy atom. The van der Waals surface area contributed by atoms with Gasteiger partial charge in [0, 0.05) is 31.4 Å². The van der Waals surface area contributed by atoms with Crippen LogP contribution in [0.2, 0.25) is 0 Å². The van der Waals surface area contributed by atoms with Crippen LogP contribution in [-0.4, -0.2) is 51.1 Å². The molecule has 0 unspecified atom stereocenters. The lowest BCUT2D eigenvalue weighted by Crippen LogP contribution is -2.42. The Morgan fingerprint density at radius 2 is 2.20 bits per heavy atom. The fourth-order valence-corrected chi connectivity index (χ4v) is 2.44. The number of likely N-dealkylation sites (tertiary alicyclic amines) is 1. The fourth-order valence-electron chi connectivity index (χ4n) is 2.44. The van der Waals surface area contributed by atoms with Crippen molar-refractivity contribution in [3.8, 4) is 5.88 Å². The Bertz CT molecular complexity index is 604. The van der Waals surface area contributed by atoms with Crippen LogP contribution in [0.4, 0.5) is 0 Å². The number of amides is 1. The summed E-state index contributed by atoms with van der Waals surface area (Å²) in [6, 6.07) is 3.65. The number of carbonyl (C=O) groups excluding carboxylic acids is 1. The zero-order valence-electron chi connectivity index (χ0n) is 11.1. The average molecular weight is 275 g/mol. The van der Waals surface area contributed by atoms with Gasteiger partial charge in [0.15, 0.2) is 5.65 Å². The van der Waals surface area contributed by atoms with Gasteiger partial charge in [-0.3, -0.25) is 9.69 Å². The molecule has 1 saturated heterocycles. The molecule has 7 heteroatoms. The number of carbonyl (C=O) groups is 1. The number of aromatic nitrogens is 3. The Morgan fingerprint density at radius 1 is 1.40 bits per heavy atom. The number of ether oxygens (including phenoxy) is 1. The van der Waals surface area contributed by atoms with Crippen LogP contribution >= 0.6 is 0 Å². The van der Waals surface area contributed by atoms with E-state index in [-0.39, 0.29) is 12.0 Å². The highest BCUT2D eigenvalue weighted by Crippen LogP contribution is 2.17. The highest BCUT2D eigenvalue weighted by molar-refractivity contribution is 5.75. The van der Waals surface area contributed by atoms with Crippen molar-refractivity contribution >= 4 is 11.6 Å². The van der Waals surface area contributed by atoms with Crippen molar-refractivity contribution in [2.24, 2.45) is 5.73 Å². The summed E-state index contributed by atoms with van der Waals surface area (Å²) in [6.45, 7) is 1.97. The summed E-state index contributed by atoms with van der Waals surface area (Å²) in [6.07, 6.45) is 5.42. The lowest BCUT2D eigenvalue weighted by Gasteiger charge is -2.30. The Balaban J connectivity index is 1.57. The first kappa shape index (κ1) is 12.9. The molecule has 7 nitrogen and oxygen atoms in total. The lowest BCUT2D eigenvalue weighted by atomic mass is 10.1. The predicted molar refractivity (Wildman–Crippen MR) is 72.3 cm³/mol. The lowest BCUT2D eigenvalue weighted by molar-refractivity contribution is -0.119. The first-order valence-corrected chi connectivity index (χ1v) is 6.68. The molecule has 0 aromatic carbocycles. The molecular weight excluding hydrogens is 258 g/mol. The summed E-state index contributed by atoms with van der Waals surface area (Å²) in [5.41, 5.74) is 5.97. The maximum absolute atomic E-state index is 10.9. The summed E-state index contributed by atoms with van der Waals surface area (Å²) in [5, 5.41) is 4.09. The summed E-state index contributed by atoms with van der Waals surface area (Å²) >= 11 is 0. The number of nitrogens with two attached hydrogens (primary N) is 1. The van der Waals surface area contributed by atoms with Crippen LogP contribution < -0.4 is 10.5 Å². The van der Waals surface area contributed by atoms with Crippen LogP contribution in [0.5, 0.6) is 5.88 Å². The van der Waals surface area contributed by atoms with E-state index in [1.54, 1.807) is 10.7 Å². The second-order valence-electron chi connectivity index (χ2n) is 4.96. The molecule has 1 aliphatic rings. The van der Waals surface area contributed by atoms with Gasteiger partial charge in [-0.15, -0.1) is 0 Å². The topological polar surface area (TPSA) is 85.8 Å². The van der Waals surface area contributed by atoms with Crippen LogP contribution in [-0.2, 0) is 4.79 Å². The van der Waals surface area contributed by atoms with Crippen molar-refractivity contribution in [3.05, 3.63) is 24.5 Å². The molecule has 20 heavy (non-hydrogen) atoms. The van der Waals surface area contributed by atoms with Crippen LogP contribution in [0.3, 0.4) is 0 Å². The maximum Gasteiger partial charge on any atom is 0.231 e. The molecule has 0 bridgehead atoms. The van der Waals surface area contributed by atoms with Gasteiger partial charge in [-0.25, -0.2) is 4.52 Å². The van der Waals surface area contributed by atoms with Gasteiger partial charge in [0.1, 0.15) is 6.10 Å². The third-order valence-corrected chi connectivity index (χ3v) is 3.43. The van der Waals surface area contributed by atoms with Gasteiger partial charge in [0.25, 0.3) is 0 Å². The van der Waals surface area contributed by atoms with Crippen molar-refractivity contribution in [2.45, 2.75) is 18.9 Å². The van der Waals surface area contributed by atoms with Crippen molar-refractivity contribution < 1.29 is 9.53 Å². The normalized spacial score (nSPS) is 17.4. The maximum atomic E-state index is 10.9. The Labute approximate surface area is 116 Å². The molecule has 0 spiro atoms. The SMILES string of the molecule is NC(=O)CN1CCC(Oc2ccn3nccc3n2)CC1. The zero-order valence-corrected chi connectivity index (χ0v) is 11.1. The standard InChI is InChI=1S/C13H17N5O2/c14-11(19)9-17-6-2-10(3-7-17)20-13-4-8-18-12(16-13)1-5-15-18/h1,4-5,8,10H,2-3,6-7,9H2,(H2,14,19). The smallest absolute Gasteiger partial charge is 0.231 e. The number of hydrogen-bond acceptors (Lipinski definition) is 5. The zero-order chi connectivity index (χ0) is 13.9. The molecule has 106 valence electrons. The number of hydrogen-bond donors (Lipinski definition) is 1. The molecule has 0 saturated carbocycles. The van der Waals surface area contributed by atoms with Gasteiger partial charge in [0.2, 0.25) is 11.8 Å².